The first-order valence-corrected chi connectivity index (χ1v) is 10.7. The average Bonchev–Trinajstić information content (AvgIpc) is 3.01. The maximum absolute atomic E-state index is 4.70. The van der Waals surface area contributed by atoms with Crippen LogP contribution in [-0.2, 0) is 6.42 Å². The van der Waals surface area contributed by atoms with Crippen LogP contribution in [-0.4, -0.2) is 55.1 Å². The minimum absolute atomic E-state index is 0.876. The van der Waals surface area contributed by atoms with Crippen LogP contribution in [0.3, 0.4) is 0 Å². The second-order valence-corrected chi connectivity index (χ2v) is 8.09. The maximum Gasteiger partial charge on any atom is 0.191 e. The number of hydrogen-bond donors (Lipinski definition) is 2. The molecule has 0 atom stereocenters. The predicted octanol–water partition coefficient (Wildman–Crippen LogP) is 3.06. The van der Waals surface area contributed by atoms with Crippen LogP contribution in [0.4, 0.5) is 0 Å². The number of thiazole rings is 1. The van der Waals surface area contributed by atoms with E-state index in [2.05, 4.69) is 46.7 Å². The van der Waals surface area contributed by atoms with Gasteiger partial charge in [0.15, 0.2) is 5.96 Å². The van der Waals surface area contributed by atoms with Crippen LogP contribution in [0.25, 0.3) is 0 Å². The van der Waals surface area contributed by atoms with Gasteiger partial charge in [-0.15, -0.1) is 11.3 Å². The summed E-state index contributed by atoms with van der Waals surface area (Å²) < 4.78 is 0. The van der Waals surface area contributed by atoms with E-state index >= 15 is 0 Å². The zero-order chi connectivity index (χ0) is 17.9. The smallest absolute Gasteiger partial charge is 0.191 e. The van der Waals surface area contributed by atoms with E-state index in [-0.39, 0.29) is 0 Å². The normalized spacial score (nSPS) is 17.0. The third kappa shape index (κ3) is 8.19. The van der Waals surface area contributed by atoms with Crippen molar-refractivity contribution in [2.24, 2.45) is 10.9 Å². The van der Waals surface area contributed by atoms with Gasteiger partial charge in [-0.3, -0.25) is 4.99 Å². The Labute approximate surface area is 157 Å². The highest BCUT2D eigenvalue weighted by Gasteiger charge is 2.14. The molecule has 0 spiro atoms. The Morgan fingerprint density at radius 3 is 2.80 bits per heavy atom. The zero-order valence-electron chi connectivity index (χ0n) is 16.2. The lowest BCUT2D eigenvalue weighted by Crippen LogP contribution is -2.38. The summed E-state index contributed by atoms with van der Waals surface area (Å²) in [5.74, 6) is 1.85. The van der Waals surface area contributed by atoms with E-state index in [9.17, 15) is 0 Å². The molecule has 1 aromatic rings. The highest BCUT2D eigenvalue weighted by atomic mass is 32.1. The largest absolute Gasteiger partial charge is 0.357 e. The Bertz CT molecular complexity index is 506. The van der Waals surface area contributed by atoms with E-state index in [4.69, 9.17) is 4.99 Å². The fraction of sp³-hybridized carbons (Fsp3) is 0.789. The van der Waals surface area contributed by atoms with E-state index in [1.807, 2.05) is 0 Å². The van der Waals surface area contributed by atoms with Crippen LogP contribution >= 0.6 is 11.3 Å². The molecular weight excluding hydrogens is 330 g/mol. The first-order chi connectivity index (χ1) is 12.2. The molecule has 2 heterocycles. The first-order valence-electron chi connectivity index (χ1n) is 9.83. The highest BCUT2D eigenvalue weighted by molar-refractivity contribution is 7.09. The molecule has 1 saturated heterocycles. The third-order valence-electron chi connectivity index (χ3n) is 4.71. The van der Waals surface area contributed by atoms with Crippen molar-refractivity contribution >= 4 is 17.3 Å². The molecule has 1 aliphatic rings. The Kier molecular flexibility index (Phi) is 9.26. The fourth-order valence-electron chi connectivity index (χ4n) is 3.10. The van der Waals surface area contributed by atoms with Crippen molar-refractivity contribution in [3.05, 3.63) is 16.1 Å². The van der Waals surface area contributed by atoms with Gasteiger partial charge in [-0.2, -0.15) is 0 Å². The number of hydrogen-bond acceptors (Lipinski definition) is 4. The number of aliphatic imine (C=N–C) groups is 1. The van der Waals surface area contributed by atoms with Crippen molar-refractivity contribution in [1.29, 1.82) is 0 Å². The van der Waals surface area contributed by atoms with Crippen LogP contribution in [0.15, 0.2) is 10.4 Å². The van der Waals surface area contributed by atoms with Gasteiger partial charge in [0.25, 0.3) is 0 Å². The Morgan fingerprint density at radius 1 is 1.32 bits per heavy atom. The molecule has 0 radical (unpaired) electrons. The standard InChI is InChI=1S/C19H35N5S/c1-4-20-19(22-11-7-18-15-25-17(3)23-18)21-10-5-6-12-24-13-8-16(2)9-14-24/h15-16H,4-14H2,1-3H3,(H2,20,21,22). The van der Waals surface area contributed by atoms with Gasteiger partial charge in [-0.1, -0.05) is 6.92 Å². The summed E-state index contributed by atoms with van der Waals surface area (Å²) in [7, 11) is 0. The van der Waals surface area contributed by atoms with E-state index < -0.39 is 0 Å². The van der Waals surface area contributed by atoms with Gasteiger partial charge in [0.1, 0.15) is 0 Å². The lowest BCUT2D eigenvalue weighted by Gasteiger charge is -2.30. The van der Waals surface area contributed by atoms with E-state index in [0.29, 0.717) is 0 Å². The number of nitrogens with zero attached hydrogens (tertiary/aromatic N) is 3. The molecule has 0 aromatic carbocycles. The molecule has 1 aliphatic heterocycles. The quantitative estimate of drug-likeness (QED) is 0.401. The molecule has 0 unspecified atom stereocenters. The monoisotopic (exact) mass is 365 g/mol. The van der Waals surface area contributed by atoms with Gasteiger partial charge in [0.05, 0.1) is 10.7 Å². The van der Waals surface area contributed by atoms with Crippen LogP contribution in [0.1, 0.15) is 50.2 Å². The van der Waals surface area contributed by atoms with Gasteiger partial charge in [0, 0.05) is 31.4 Å². The molecule has 0 bridgehead atoms. The Hall–Kier alpha value is -1.14. The molecule has 25 heavy (non-hydrogen) atoms. The molecule has 0 aliphatic carbocycles. The molecule has 0 amide bonds. The van der Waals surface area contributed by atoms with E-state index in [0.717, 1.165) is 49.4 Å². The van der Waals surface area contributed by atoms with Gasteiger partial charge < -0.3 is 15.5 Å². The van der Waals surface area contributed by atoms with Crippen LogP contribution < -0.4 is 10.6 Å². The minimum atomic E-state index is 0.876. The zero-order valence-corrected chi connectivity index (χ0v) is 17.0. The molecular formula is C19H35N5S. The number of unbranched alkanes of at least 4 members (excludes halogenated alkanes) is 1. The summed E-state index contributed by atoms with van der Waals surface area (Å²) in [5.41, 5.74) is 1.17. The minimum Gasteiger partial charge on any atom is -0.357 e. The summed E-state index contributed by atoms with van der Waals surface area (Å²) in [5, 5.41) is 10.0. The summed E-state index contributed by atoms with van der Waals surface area (Å²) in [6.45, 7) is 13.0. The van der Waals surface area contributed by atoms with Gasteiger partial charge in [-0.25, -0.2) is 4.98 Å². The molecule has 2 N–H and O–H groups in total. The highest BCUT2D eigenvalue weighted by Crippen LogP contribution is 2.16. The third-order valence-corrected chi connectivity index (χ3v) is 5.54. The first kappa shape index (κ1) is 20.2. The van der Waals surface area contributed by atoms with Crippen molar-refractivity contribution in [3.63, 3.8) is 0 Å². The van der Waals surface area contributed by atoms with Gasteiger partial charge in [0.2, 0.25) is 0 Å². The topological polar surface area (TPSA) is 52.6 Å². The lowest BCUT2D eigenvalue weighted by atomic mass is 9.99. The van der Waals surface area contributed by atoms with Crippen molar-refractivity contribution in [1.82, 2.24) is 20.5 Å². The molecule has 1 aromatic heterocycles. The van der Waals surface area contributed by atoms with Crippen molar-refractivity contribution in [3.8, 4) is 0 Å². The molecule has 2 rings (SSSR count). The number of likely N-dealkylation sites (tertiary alicyclic amines) is 1. The number of aryl methyl sites for hydroxylation is 1. The summed E-state index contributed by atoms with van der Waals surface area (Å²) in [4.78, 5) is 11.8. The summed E-state index contributed by atoms with van der Waals surface area (Å²) >= 11 is 1.72. The molecule has 6 heteroatoms. The van der Waals surface area contributed by atoms with E-state index in [1.165, 1.54) is 44.6 Å². The lowest BCUT2D eigenvalue weighted by molar-refractivity contribution is 0.190. The summed E-state index contributed by atoms with van der Waals surface area (Å²) in [6, 6.07) is 0. The fourth-order valence-corrected chi connectivity index (χ4v) is 3.74. The molecule has 5 nitrogen and oxygen atoms in total. The van der Waals surface area contributed by atoms with Crippen molar-refractivity contribution in [2.45, 2.75) is 52.9 Å². The van der Waals surface area contributed by atoms with Crippen LogP contribution in [0.5, 0.6) is 0 Å². The maximum atomic E-state index is 4.70. The van der Waals surface area contributed by atoms with Gasteiger partial charge in [-0.05, 0) is 65.1 Å². The van der Waals surface area contributed by atoms with Crippen molar-refractivity contribution < 1.29 is 0 Å². The second kappa shape index (κ2) is 11.5. The van der Waals surface area contributed by atoms with Crippen LogP contribution in [0, 0.1) is 12.8 Å². The number of piperidine rings is 1. The molecule has 0 saturated carbocycles. The number of nitrogens with one attached hydrogen (secondary N) is 2. The van der Waals surface area contributed by atoms with Crippen LogP contribution in [0.2, 0.25) is 0 Å². The number of guanidine groups is 1. The van der Waals surface area contributed by atoms with Crippen molar-refractivity contribution in [2.75, 3.05) is 39.3 Å². The average molecular weight is 366 g/mol. The van der Waals surface area contributed by atoms with E-state index in [1.54, 1.807) is 11.3 Å². The summed E-state index contributed by atoms with van der Waals surface area (Å²) in [6.07, 6.45) is 6.09. The Balaban J connectivity index is 1.59. The van der Waals surface area contributed by atoms with Gasteiger partial charge >= 0.3 is 0 Å². The Morgan fingerprint density at radius 2 is 2.12 bits per heavy atom. The predicted molar refractivity (Wildman–Crippen MR) is 109 cm³/mol. The number of aromatic nitrogens is 1. The SMILES string of the molecule is CCNC(=NCCCCN1CCC(C)CC1)NCCc1csc(C)n1. The molecule has 142 valence electrons. The molecule has 1 fully saturated rings. The number of rotatable bonds is 9. The second-order valence-electron chi connectivity index (χ2n) is 7.03.